The highest BCUT2D eigenvalue weighted by atomic mass is 16.7. The Morgan fingerprint density at radius 3 is 1.30 bits per heavy atom. The number of nitrogens with one attached hydrogen (secondary N) is 1. The molecule has 0 aromatic heterocycles. The summed E-state index contributed by atoms with van der Waals surface area (Å²) in [6.45, 7) is 6.91. The first-order valence-electron chi connectivity index (χ1n) is 20.5. The lowest BCUT2D eigenvalue weighted by Crippen LogP contribution is -2.42. The third-order valence-electron chi connectivity index (χ3n) is 9.57. The molecule has 1 saturated heterocycles. The number of likely N-dealkylation sites (tertiary alicyclic amines) is 1. The molecule has 1 rings (SSSR count). The lowest BCUT2D eigenvalue weighted by atomic mass is 10.0. The van der Waals surface area contributed by atoms with E-state index in [1.54, 1.807) is 0 Å². The maximum absolute atomic E-state index is 6.37. The molecule has 0 aromatic rings. The van der Waals surface area contributed by atoms with Crippen LogP contribution in [0.15, 0.2) is 48.6 Å². The number of hydroxylamine groups is 1. The van der Waals surface area contributed by atoms with Crippen molar-refractivity contribution in [1.29, 1.82) is 0 Å². The molecule has 0 bridgehead atoms. The molecule has 1 fully saturated rings. The maximum Gasteiger partial charge on any atom is 0.0790 e. The molecule has 1 N–H and O–H groups in total. The topological polar surface area (TPSA) is 24.5 Å². The lowest BCUT2D eigenvalue weighted by molar-refractivity contribution is -0.0611. The Kier molecular flexibility index (Phi) is 32.8. The van der Waals surface area contributed by atoms with Crippen molar-refractivity contribution in [2.75, 3.05) is 20.1 Å². The number of unbranched alkanes of at least 4 members (excludes halogenated alkanes) is 18. The van der Waals surface area contributed by atoms with Crippen LogP contribution in [0.2, 0.25) is 0 Å². The van der Waals surface area contributed by atoms with E-state index in [1.807, 2.05) is 0 Å². The number of hydrogen-bond acceptors (Lipinski definition) is 3. The minimum absolute atomic E-state index is 0.385. The molecule has 3 nitrogen and oxygen atoms in total. The molecule has 0 saturated carbocycles. The van der Waals surface area contributed by atoms with Crippen molar-refractivity contribution >= 4 is 0 Å². The summed E-state index contributed by atoms with van der Waals surface area (Å²) in [7, 11) is 2.23. The highest BCUT2D eigenvalue weighted by molar-refractivity contribution is 4.93. The van der Waals surface area contributed by atoms with Crippen molar-refractivity contribution in [2.24, 2.45) is 0 Å². The van der Waals surface area contributed by atoms with Crippen LogP contribution in [0.3, 0.4) is 0 Å². The molecule has 1 aliphatic heterocycles. The number of rotatable bonds is 33. The van der Waals surface area contributed by atoms with Gasteiger partial charge in [0.05, 0.1) is 6.10 Å². The Labute approximate surface area is 289 Å². The molecular weight excluding hydrogens is 560 g/mol. The van der Waals surface area contributed by atoms with Crippen LogP contribution < -0.4 is 5.48 Å². The number of piperidine rings is 1. The number of nitrogens with zero attached hydrogens (tertiary/aromatic N) is 1. The Hall–Kier alpha value is -1.16. The summed E-state index contributed by atoms with van der Waals surface area (Å²) in [5, 5.41) is 0. The predicted molar refractivity (Wildman–Crippen MR) is 206 cm³/mol. The molecule has 0 aromatic carbocycles. The Balaban J connectivity index is 2.10. The van der Waals surface area contributed by atoms with Crippen LogP contribution in [-0.2, 0) is 4.84 Å². The van der Waals surface area contributed by atoms with Gasteiger partial charge in [0, 0.05) is 6.04 Å². The molecule has 0 unspecified atom stereocenters. The van der Waals surface area contributed by atoms with Gasteiger partial charge >= 0.3 is 0 Å². The van der Waals surface area contributed by atoms with E-state index >= 15 is 0 Å². The van der Waals surface area contributed by atoms with Crippen molar-refractivity contribution in [1.82, 2.24) is 10.4 Å². The van der Waals surface area contributed by atoms with Crippen LogP contribution in [0.1, 0.15) is 194 Å². The van der Waals surface area contributed by atoms with Gasteiger partial charge in [-0.1, -0.05) is 152 Å². The van der Waals surface area contributed by atoms with Gasteiger partial charge in [0.25, 0.3) is 0 Å². The van der Waals surface area contributed by atoms with E-state index in [0.717, 1.165) is 12.8 Å². The van der Waals surface area contributed by atoms with E-state index < -0.39 is 0 Å². The zero-order valence-electron chi connectivity index (χ0n) is 31.3. The van der Waals surface area contributed by atoms with Gasteiger partial charge in [-0.05, 0) is 110 Å². The second-order valence-corrected chi connectivity index (χ2v) is 14.2. The van der Waals surface area contributed by atoms with Gasteiger partial charge in [-0.2, -0.15) is 5.48 Å². The first-order valence-corrected chi connectivity index (χ1v) is 20.5. The quantitative estimate of drug-likeness (QED) is 0.0439. The van der Waals surface area contributed by atoms with Crippen molar-refractivity contribution in [3.05, 3.63) is 48.6 Å². The molecular formula is C43H80N2O. The lowest BCUT2D eigenvalue weighted by Gasteiger charge is -2.30. The monoisotopic (exact) mass is 641 g/mol. The second kappa shape index (κ2) is 35.2. The van der Waals surface area contributed by atoms with Crippen LogP contribution in [0.4, 0.5) is 0 Å². The summed E-state index contributed by atoms with van der Waals surface area (Å²) in [5.41, 5.74) is 3.50. The van der Waals surface area contributed by atoms with Crippen LogP contribution in [0.25, 0.3) is 0 Å². The smallest absolute Gasteiger partial charge is 0.0790 e. The fourth-order valence-corrected chi connectivity index (χ4v) is 6.30. The zero-order chi connectivity index (χ0) is 33.0. The number of allylic oxidation sites excluding steroid dienone is 8. The highest BCUT2D eigenvalue weighted by Crippen LogP contribution is 2.18. The first-order chi connectivity index (χ1) is 22.8. The van der Waals surface area contributed by atoms with Crippen molar-refractivity contribution in [3.8, 4) is 0 Å². The SMILES string of the molecule is CCCCC/C=C\C/C=C\CCCCCCCCC(CCCCCCCC/C=C\C/C=C\CCCCC)ONC1CCN(C)CC1. The van der Waals surface area contributed by atoms with Crippen LogP contribution >= 0.6 is 0 Å². The van der Waals surface area contributed by atoms with Gasteiger partial charge in [-0.3, -0.25) is 4.84 Å². The molecule has 1 aliphatic rings. The van der Waals surface area contributed by atoms with E-state index in [1.165, 1.54) is 180 Å². The minimum Gasteiger partial charge on any atom is -0.306 e. The van der Waals surface area contributed by atoms with E-state index in [4.69, 9.17) is 4.84 Å². The Morgan fingerprint density at radius 2 is 0.891 bits per heavy atom. The summed E-state index contributed by atoms with van der Waals surface area (Å²) in [6, 6.07) is 0.533. The second-order valence-electron chi connectivity index (χ2n) is 14.2. The average molecular weight is 641 g/mol. The van der Waals surface area contributed by atoms with Gasteiger partial charge in [0.15, 0.2) is 0 Å². The van der Waals surface area contributed by atoms with Crippen LogP contribution in [-0.4, -0.2) is 37.2 Å². The molecule has 0 amide bonds. The summed E-state index contributed by atoms with van der Waals surface area (Å²) in [6.07, 6.45) is 55.7. The fraction of sp³-hybridized carbons (Fsp3) is 0.814. The van der Waals surface area contributed by atoms with E-state index in [2.05, 4.69) is 79.9 Å². The average Bonchev–Trinajstić information content (AvgIpc) is 3.07. The predicted octanol–water partition coefficient (Wildman–Crippen LogP) is 13.4. The molecule has 3 heteroatoms. The fourth-order valence-electron chi connectivity index (χ4n) is 6.30. The third kappa shape index (κ3) is 30.2. The molecule has 46 heavy (non-hydrogen) atoms. The van der Waals surface area contributed by atoms with E-state index in [0.29, 0.717) is 12.1 Å². The van der Waals surface area contributed by atoms with Crippen molar-refractivity contribution in [3.63, 3.8) is 0 Å². The molecule has 268 valence electrons. The summed E-state index contributed by atoms with van der Waals surface area (Å²) in [5.74, 6) is 0. The van der Waals surface area contributed by atoms with E-state index in [-0.39, 0.29) is 0 Å². The van der Waals surface area contributed by atoms with Crippen molar-refractivity contribution in [2.45, 2.75) is 206 Å². The van der Waals surface area contributed by atoms with E-state index in [9.17, 15) is 0 Å². The molecule has 0 spiro atoms. The van der Waals surface area contributed by atoms with Crippen LogP contribution in [0, 0.1) is 0 Å². The normalized spacial score (nSPS) is 15.3. The van der Waals surface area contributed by atoms with Crippen LogP contribution in [0.5, 0.6) is 0 Å². The molecule has 0 aliphatic carbocycles. The third-order valence-corrected chi connectivity index (χ3v) is 9.57. The standard InChI is InChI=1S/C43H80N2O/c1-4-6-8-10-12-14-16-18-20-22-24-26-28-30-32-34-36-43(46-44-42-38-40-45(3)41-39-42)37-35-33-31-29-27-25-23-21-19-17-15-13-11-9-7-5-2/h12-15,18-21,42-44H,4-11,16-17,22-41H2,1-3H3/b14-12-,15-13-,20-18-,21-19-. The Morgan fingerprint density at radius 1 is 0.522 bits per heavy atom. The zero-order valence-corrected chi connectivity index (χ0v) is 31.3. The molecule has 0 radical (unpaired) electrons. The minimum atomic E-state index is 0.385. The van der Waals surface area contributed by atoms with Gasteiger partial charge in [0.1, 0.15) is 0 Å². The first kappa shape index (κ1) is 42.9. The summed E-state index contributed by atoms with van der Waals surface area (Å²) < 4.78 is 0. The largest absolute Gasteiger partial charge is 0.306 e. The van der Waals surface area contributed by atoms with Gasteiger partial charge in [0.2, 0.25) is 0 Å². The Bertz CT molecular complexity index is 670. The summed E-state index contributed by atoms with van der Waals surface area (Å²) >= 11 is 0. The molecule has 1 heterocycles. The van der Waals surface area contributed by atoms with Gasteiger partial charge in [-0.25, -0.2) is 0 Å². The molecule has 0 atom stereocenters. The van der Waals surface area contributed by atoms with Gasteiger partial charge < -0.3 is 4.90 Å². The number of hydrogen-bond donors (Lipinski definition) is 1. The van der Waals surface area contributed by atoms with Crippen molar-refractivity contribution < 1.29 is 4.84 Å². The maximum atomic E-state index is 6.37. The highest BCUT2D eigenvalue weighted by Gasteiger charge is 2.18. The van der Waals surface area contributed by atoms with Gasteiger partial charge in [-0.15, -0.1) is 0 Å². The summed E-state index contributed by atoms with van der Waals surface area (Å²) in [4.78, 5) is 8.81.